The first kappa shape index (κ1) is 22.8. The van der Waals surface area contributed by atoms with Gasteiger partial charge in [-0.05, 0) is 31.9 Å². The number of benzene rings is 1. The van der Waals surface area contributed by atoms with Crippen LogP contribution in [0, 0.1) is 20.8 Å². The number of nitrogens with zero attached hydrogens (tertiary/aromatic N) is 4. The first-order valence-corrected chi connectivity index (χ1v) is 10.5. The molecule has 3 aromatic rings. The Morgan fingerprint density at radius 2 is 1.88 bits per heavy atom. The van der Waals surface area contributed by atoms with Crippen molar-refractivity contribution in [1.82, 2.24) is 19.6 Å². The van der Waals surface area contributed by atoms with Crippen LogP contribution in [0.2, 0.25) is 0 Å². The van der Waals surface area contributed by atoms with Crippen molar-refractivity contribution in [2.45, 2.75) is 58.7 Å². The van der Waals surface area contributed by atoms with E-state index < -0.39 is 37.3 Å². The summed E-state index contributed by atoms with van der Waals surface area (Å²) < 4.78 is 55.9. The van der Waals surface area contributed by atoms with E-state index in [1.807, 2.05) is 38.1 Å². The monoisotopic (exact) mass is 464 g/mol. The van der Waals surface area contributed by atoms with Gasteiger partial charge < -0.3 is 10.6 Å². The van der Waals surface area contributed by atoms with Gasteiger partial charge in [0.25, 0.3) is 18.8 Å². The minimum atomic E-state index is -2.90. The second-order valence-corrected chi connectivity index (χ2v) is 8.17. The maximum absolute atomic E-state index is 13.5. The second-order valence-electron chi connectivity index (χ2n) is 8.17. The molecule has 0 fully saturated rings. The minimum Gasteiger partial charge on any atom is -0.362 e. The summed E-state index contributed by atoms with van der Waals surface area (Å²) in [7, 11) is 0. The molecule has 0 saturated carbocycles. The lowest BCUT2D eigenvalue weighted by molar-refractivity contribution is 0.0419. The average Bonchev–Trinajstić information content (AvgIpc) is 3.31. The van der Waals surface area contributed by atoms with E-state index in [4.69, 9.17) is 0 Å². The normalized spacial score (nSPS) is 17.8. The fourth-order valence-electron chi connectivity index (χ4n) is 4.01. The van der Waals surface area contributed by atoms with Gasteiger partial charge >= 0.3 is 0 Å². The second kappa shape index (κ2) is 8.87. The Kier molecular flexibility index (Phi) is 6.13. The number of amides is 1. The van der Waals surface area contributed by atoms with Crippen molar-refractivity contribution in [2.75, 3.05) is 10.6 Å². The van der Waals surface area contributed by atoms with E-state index in [2.05, 4.69) is 20.8 Å². The summed E-state index contributed by atoms with van der Waals surface area (Å²) in [5, 5.41) is 13.7. The molecule has 1 aliphatic rings. The van der Waals surface area contributed by atoms with Gasteiger partial charge in [0.15, 0.2) is 5.69 Å². The molecule has 11 heteroatoms. The quantitative estimate of drug-likeness (QED) is 0.525. The number of carbonyl (C=O) groups excluding carboxylic acids is 1. The van der Waals surface area contributed by atoms with Crippen LogP contribution in [0.4, 0.5) is 29.1 Å². The summed E-state index contributed by atoms with van der Waals surface area (Å²) in [6, 6.07) is 6.13. The van der Waals surface area contributed by atoms with E-state index in [0.29, 0.717) is 17.9 Å². The predicted octanol–water partition coefficient (Wildman–Crippen LogP) is 4.56. The van der Waals surface area contributed by atoms with Crippen LogP contribution >= 0.6 is 0 Å². The Hall–Kier alpha value is -3.37. The number of alkyl halides is 4. The maximum atomic E-state index is 13.5. The van der Waals surface area contributed by atoms with Crippen LogP contribution in [0.15, 0.2) is 30.3 Å². The third-order valence-corrected chi connectivity index (χ3v) is 5.91. The van der Waals surface area contributed by atoms with Gasteiger partial charge in [-0.3, -0.25) is 9.48 Å². The fourth-order valence-corrected chi connectivity index (χ4v) is 4.01. The zero-order valence-electron chi connectivity index (χ0n) is 18.3. The van der Waals surface area contributed by atoms with Gasteiger partial charge in [-0.2, -0.15) is 10.2 Å². The van der Waals surface area contributed by atoms with Gasteiger partial charge in [0.1, 0.15) is 11.9 Å². The van der Waals surface area contributed by atoms with Gasteiger partial charge in [0.05, 0.1) is 29.7 Å². The van der Waals surface area contributed by atoms with Crippen LogP contribution in [0.5, 0.6) is 0 Å². The molecule has 7 nitrogen and oxygen atoms in total. The highest BCUT2D eigenvalue weighted by Crippen LogP contribution is 2.34. The number of hydrogen-bond acceptors (Lipinski definition) is 4. The maximum Gasteiger partial charge on any atom is 0.276 e. The summed E-state index contributed by atoms with van der Waals surface area (Å²) >= 11 is 0. The van der Waals surface area contributed by atoms with Crippen LogP contribution < -0.4 is 10.6 Å². The standard InChI is InChI=1S/C22H24F4N6O/c1-11-6-4-5-7-14(11)10-31-13(3)19(12(2)29-31)28-22(33)16-9-18-27-15(20(23)24)8-17(21(25)26)32(18)30-16/h4-7,9,15,17,20-21,27H,8,10H2,1-3H3,(H,28,33)/t15-,17-/m1/s1. The molecule has 0 unspecified atom stereocenters. The van der Waals surface area contributed by atoms with Gasteiger partial charge in [0, 0.05) is 12.5 Å². The van der Waals surface area contributed by atoms with Crippen molar-refractivity contribution in [2.24, 2.45) is 0 Å². The smallest absolute Gasteiger partial charge is 0.276 e. The molecular weight excluding hydrogens is 440 g/mol. The number of nitrogens with one attached hydrogen (secondary N) is 2. The summed E-state index contributed by atoms with van der Waals surface area (Å²) in [6.07, 6.45) is -6.21. The van der Waals surface area contributed by atoms with Crippen LogP contribution in [0.25, 0.3) is 0 Å². The molecule has 1 aromatic carbocycles. The van der Waals surface area contributed by atoms with Gasteiger partial charge in [-0.15, -0.1) is 0 Å². The van der Waals surface area contributed by atoms with Crippen LogP contribution in [0.1, 0.15) is 45.5 Å². The Morgan fingerprint density at radius 1 is 1.15 bits per heavy atom. The van der Waals surface area contributed by atoms with Crippen molar-refractivity contribution >= 4 is 17.4 Å². The summed E-state index contributed by atoms with van der Waals surface area (Å²) in [5.74, 6) is -0.673. The topological polar surface area (TPSA) is 76.8 Å². The fraction of sp³-hybridized carbons (Fsp3) is 0.409. The number of fused-ring (bicyclic) bond motifs is 1. The van der Waals surface area contributed by atoms with E-state index in [1.54, 1.807) is 11.6 Å². The molecule has 33 heavy (non-hydrogen) atoms. The molecule has 3 heterocycles. The van der Waals surface area contributed by atoms with Crippen LogP contribution in [-0.2, 0) is 6.54 Å². The molecule has 176 valence electrons. The molecule has 2 aromatic heterocycles. The average molecular weight is 464 g/mol. The highest BCUT2D eigenvalue weighted by atomic mass is 19.3. The van der Waals surface area contributed by atoms with Crippen molar-refractivity contribution in [1.29, 1.82) is 0 Å². The zero-order valence-corrected chi connectivity index (χ0v) is 18.3. The first-order valence-electron chi connectivity index (χ1n) is 10.5. The molecular formula is C22H24F4N6O. The molecule has 4 rings (SSSR count). The molecule has 0 radical (unpaired) electrons. The first-order chi connectivity index (χ1) is 15.7. The number of rotatable bonds is 6. The molecule has 2 N–H and O–H groups in total. The molecule has 0 bridgehead atoms. The lowest BCUT2D eigenvalue weighted by atomic mass is 10.1. The molecule has 2 atom stereocenters. The third kappa shape index (κ3) is 4.44. The van der Waals surface area contributed by atoms with Gasteiger partial charge in [-0.1, -0.05) is 24.3 Å². The number of halogens is 4. The largest absolute Gasteiger partial charge is 0.362 e. The Balaban J connectivity index is 1.57. The van der Waals surface area contributed by atoms with E-state index in [9.17, 15) is 22.4 Å². The number of anilines is 2. The van der Waals surface area contributed by atoms with E-state index >= 15 is 0 Å². The van der Waals surface area contributed by atoms with Crippen molar-refractivity contribution < 1.29 is 22.4 Å². The summed E-state index contributed by atoms with van der Waals surface area (Å²) in [6.45, 7) is 6.08. The summed E-state index contributed by atoms with van der Waals surface area (Å²) in [4.78, 5) is 12.9. The lowest BCUT2D eigenvalue weighted by Gasteiger charge is -2.31. The highest BCUT2D eigenvalue weighted by Gasteiger charge is 2.38. The van der Waals surface area contributed by atoms with Gasteiger partial charge in [0.2, 0.25) is 0 Å². The van der Waals surface area contributed by atoms with Crippen molar-refractivity contribution in [3.05, 3.63) is 58.5 Å². The zero-order chi connectivity index (χ0) is 23.9. The number of aryl methyl sites for hydroxylation is 2. The molecule has 1 amide bonds. The Labute approximate surface area is 187 Å². The molecule has 0 spiro atoms. The van der Waals surface area contributed by atoms with Crippen molar-refractivity contribution in [3.8, 4) is 0 Å². The number of aromatic nitrogens is 4. The third-order valence-electron chi connectivity index (χ3n) is 5.91. The Bertz CT molecular complexity index is 1170. The lowest BCUT2D eigenvalue weighted by Crippen LogP contribution is -2.39. The SMILES string of the molecule is Cc1ccccc1Cn1nc(C)c(NC(=O)c2cc3n(n2)[C@@H](C(F)F)C[C@H](C(F)F)N3)c1C. The molecule has 1 aliphatic heterocycles. The highest BCUT2D eigenvalue weighted by molar-refractivity contribution is 6.04. The Morgan fingerprint density at radius 3 is 2.55 bits per heavy atom. The van der Waals surface area contributed by atoms with Crippen LogP contribution in [0.3, 0.4) is 0 Å². The van der Waals surface area contributed by atoms with E-state index in [0.717, 1.165) is 21.5 Å². The van der Waals surface area contributed by atoms with Gasteiger partial charge in [-0.25, -0.2) is 22.2 Å². The summed E-state index contributed by atoms with van der Waals surface area (Å²) in [5.41, 5.74) is 3.84. The van der Waals surface area contributed by atoms with E-state index in [-0.39, 0.29) is 11.5 Å². The number of carbonyl (C=O) groups is 1. The van der Waals surface area contributed by atoms with Crippen molar-refractivity contribution in [3.63, 3.8) is 0 Å². The minimum absolute atomic E-state index is 0.0364. The number of hydrogen-bond donors (Lipinski definition) is 2. The predicted molar refractivity (Wildman–Crippen MR) is 115 cm³/mol. The van der Waals surface area contributed by atoms with E-state index in [1.165, 1.54) is 6.07 Å². The molecule has 0 saturated heterocycles. The molecule has 0 aliphatic carbocycles. The van der Waals surface area contributed by atoms with Crippen LogP contribution in [-0.4, -0.2) is 44.4 Å².